The highest BCUT2D eigenvalue weighted by Crippen LogP contribution is 2.26. The number of hydrogen-bond donors (Lipinski definition) is 2. The first-order valence-electron chi connectivity index (χ1n) is 8.07. The largest absolute Gasteiger partial charge is 0.328 e. The van der Waals surface area contributed by atoms with Crippen LogP contribution in [0.5, 0.6) is 0 Å². The van der Waals surface area contributed by atoms with E-state index in [0.29, 0.717) is 6.42 Å². The van der Waals surface area contributed by atoms with E-state index < -0.39 is 0 Å². The third-order valence-corrected chi connectivity index (χ3v) is 4.98. The molecule has 0 aromatic heterocycles. The van der Waals surface area contributed by atoms with Crippen molar-refractivity contribution in [3.8, 4) is 0 Å². The summed E-state index contributed by atoms with van der Waals surface area (Å²) in [5.41, 5.74) is 2.88. The maximum absolute atomic E-state index is 12.8. The highest BCUT2D eigenvalue weighted by Gasteiger charge is 2.47. The van der Waals surface area contributed by atoms with Crippen molar-refractivity contribution >= 4 is 17.5 Å². The summed E-state index contributed by atoms with van der Waals surface area (Å²) in [6, 6.07) is 5.69. The predicted molar refractivity (Wildman–Crippen MR) is 84.1 cm³/mol. The van der Waals surface area contributed by atoms with Crippen molar-refractivity contribution in [2.75, 3.05) is 38.1 Å². The Labute approximate surface area is 131 Å². The van der Waals surface area contributed by atoms with E-state index in [9.17, 15) is 9.59 Å². The topological polar surface area (TPSA) is 46.3 Å². The summed E-state index contributed by atoms with van der Waals surface area (Å²) in [6.07, 6.45) is 0.348. The molecule has 3 rings (SSSR count). The number of nitrogens with one attached hydrogen (secondary N) is 2. The number of benzene rings is 1. The van der Waals surface area contributed by atoms with Gasteiger partial charge in [-0.15, -0.1) is 0 Å². The molecule has 1 atom stereocenters. The zero-order chi connectivity index (χ0) is 15.9. The van der Waals surface area contributed by atoms with E-state index in [1.165, 1.54) is 14.7 Å². The Morgan fingerprint density at radius 3 is 2.41 bits per heavy atom. The molecule has 5 nitrogen and oxygen atoms in total. The number of anilines is 1. The van der Waals surface area contributed by atoms with Crippen LogP contribution in [0.15, 0.2) is 18.2 Å². The number of amides is 2. The Bertz CT molecular complexity index is 606. The van der Waals surface area contributed by atoms with Gasteiger partial charge in [-0.25, -0.2) is 4.90 Å². The zero-order valence-corrected chi connectivity index (χ0v) is 13.6. The molecule has 2 amide bonds. The number of likely N-dealkylation sites (N-methyl/N-ethyl adjacent to an activating group) is 1. The molecule has 0 spiro atoms. The summed E-state index contributed by atoms with van der Waals surface area (Å²) in [4.78, 5) is 29.4. The van der Waals surface area contributed by atoms with Crippen molar-refractivity contribution in [3.63, 3.8) is 0 Å². The van der Waals surface area contributed by atoms with Gasteiger partial charge in [-0.1, -0.05) is 17.7 Å². The fraction of sp³-hybridized carbons (Fsp3) is 0.529. The molecule has 2 saturated heterocycles. The molecule has 0 saturated carbocycles. The fourth-order valence-corrected chi connectivity index (χ4v) is 3.61. The molecule has 2 fully saturated rings. The van der Waals surface area contributed by atoms with Crippen molar-refractivity contribution in [3.05, 3.63) is 29.3 Å². The van der Waals surface area contributed by atoms with E-state index in [4.69, 9.17) is 0 Å². The number of carbonyl (C=O) groups is 2. The second-order valence-corrected chi connectivity index (χ2v) is 6.73. The molecule has 1 aromatic rings. The summed E-state index contributed by atoms with van der Waals surface area (Å²) < 4.78 is 0. The molecule has 2 aliphatic heterocycles. The van der Waals surface area contributed by atoms with Crippen LogP contribution in [0.2, 0.25) is 0 Å². The summed E-state index contributed by atoms with van der Waals surface area (Å²) in [7, 11) is 2.18. The van der Waals surface area contributed by atoms with Gasteiger partial charge in [-0.2, -0.15) is 0 Å². The van der Waals surface area contributed by atoms with Gasteiger partial charge < -0.3 is 9.80 Å². The number of imide groups is 1. The van der Waals surface area contributed by atoms with Crippen LogP contribution >= 0.6 is 0 Å². The van der Waals surface area contributed by atoms with Gasteiger partial charge in [0.15, 0.2) is 6.04 Å². The Kier molecular flexibility index (Phi) is 4.02. The molecule has 2 heterocycles. The van der Waals surface area contributed by atoms with Crippen LogP contribution in [-0.2, 0) is 9.59 Å². The van der Waals surface area contributed by atoms with Gasteiger partial charge in [0, 0.05) is 0 Å². The van der Waals surface area contributed by atoms with Gasteiger partial charge in [0.1, 0.15) is 26.2 Å². The monoisotopic (exact) mass is 303 g/mol. The number of aryl methyl sites for hydroxylation is 2. The van der Waals surface area contributed by atoms with Crippen molar-refractivity contribution < 1.29 is 19.4 Å². The van der Waals surface area contributed by atoms with Gasteiger partial charge in [0.05, 0.1) is 19.2 Å². The molecular formula is C17H25N3O2+2. The SMILES string of the molecule is Cc1ccc(N2C(=O)CC([NH+]3CC[NH+](C)CC3)C2=O)c(C)c1. The lowest BCUT2D eigenvalue weighted by Gasteiger charge is -2.30. The first-order chi connectivity index (χ1) is 10.5. The van der Waals surface area contributed by atoms with Gasteiger partial charge in [0.2, 0.25) is 5.91 Å². The minimum Gasteiger partial charge on any atom is -0.328 e. The van der Waals surface area contributed by atoms with E-state index in [1.54, 1.807) is 0 Å². The third-order valence-electron chi connectivity index (χ3n) is 4.98. The Morgan fingerprint density at radius 2 is 1.77 bits per heavy atom. The molecule has 2 N–H and O–H groups in total. The van der Waals surface area contributed by atoms with Crippen LogP contribution in [0.1, 0.15) is 17.5 Å². The normalized spacial score (nSPS) is 29.2. The molecule has 1 unspecified atom stereocenters. The summed E-state index contributed by atoms with van der Waals surface area (Å²) >= 11 is 0. The van der Waals surface area contributed by atoms with Gasteiger partial charge in [-0.3, -0.25) is 9.59 Å². The van der Waals surface area contributed by atoms with Crippen LogP contribution in [0.4, 0.5) is 5.69 Å². The molecule has 1 aromatic carbocycles. The second-order valence-electron chi connectivity index (χ2n) is 6.73. The molecule has 5 heteroatoms. The minimum atomic E-state index is -0.193. The van der Waals surface area contributed by atoms with E-state index in [0.717, 1.165) is 43.0 Å². The van der Waals surface area contributed by atoms with Crippen LogP contribution in [0, 0.1) is 13.8 Å². The average Bonchev–Trinajstić information content (AvgIpc) is 2.76. The van der Waals surface area contributed by atoms with E-state index in [1.807, 2.05) is 32.0 Å². The van der Waals surface area contributed by atoms with Crippen LogP contribution in [0.3, 0.4) is 0 Å². The lowest BCUT2D eigenvalue weighted by Crippen LogP contribution is -3.29. The fourth-order valence-electron chi connectivity index (χ4n) is 3.61. The number of quaternary nitrogens is 2. The quantitative estimate of drug-likeness (QED) is 0.643. The van der Waals surface area contributed by atoms with Crippen LogP contribution in [-0.4, -0.2) is 51.1 Å². The number of piperazine rings is 1. The average molecular weight is 303 g/mol. The van der Waals surface area contributed by atoms with E-state index in [-0.39, 0.29) is 17.9 Å². The van der Waals surface area contributed by atoms with Gasteiger partial charge in [-0.05, 0) is 25.5 Å². The molecule has 0 aliphatic carbocycles. The van der Waals surface area contributed by atoms with Gasteiger partial charge >= 0.3 is 0 Å². The first-order valence-corrected chi connectivity index (χ1v) is 8.07. The predicted octanol–water partition coefficient (Wildman–Crippen LogP) is -1.65. The maximum atomic E-state index is 12.8. The third kappa shape index (κ3) is 2.66. The summed E-state index contributed by atoms with van der Waals surface area (Å²) in [5.74, 6) is -0.0766. The Hall–Kier alpha value is -1.72. The number of nitrogens with zero attached hydrogens (tertiary/aromatic N) is 1. The maximum Gasteiger partial charge on any atom is 0.292 e. The molecule has 0 bridgehead atoms. The minimum absolute atomic E-state index is 0.0218. The standard InChI is InChI=1S/C17H23N3O2/c1-12-4-5-14(13(2)10-12)20-16(21)11-15(17(20)22)19-8-6-18(3)7-9-19/h4-5,10,15H,6-9,11H2,1-3H3/p+2. The number of carbonyl (C=O) groups excluding carboxylic acids is 2. The second kappa shape index (κ2) is 5.82. The molecule has 22 heavy (non-hydrogen) atoms. The van der Waals surface area contributed by atoms with Crippen LogP contribution < -0.4 is 14.7 Å². The molecule has 2 aliphatic rings. The van der Waals surface area contributed by atoms with Crippen molar-refractivity contribution in [1.82, 2.24) is 0 Å². The highest BCUT2D eigenvalue weighted by atomic mass is 16.2. The van der Waals surface area contributed by atoms with E-state index in [2.05, 4.69) is 7.05 Å². The number of rotatable bonds is 2. The summed E-state index contributed by atoms with van der Waals surface area (Å²) in [6.45, 7) is 8.05. The number of hydrogen-bond acceptors (Lipinski definition) is 2. The lowest BCUT2D eigenvalue weighted by molar-refractivity contribution is -1.01. The Morgan fingerprint density at radius 1 is 1.09 bits per heavy atom. The molecule has 0 radical (unpaired) electrons. The van der Waals surface area contributed by atoms with Crippen LogP contribution in [0.25, 0.3) is 0 Å². The van der Waals surface area contributed by atoms with Gasteiger partial charge in [0.25, 0.3) is 5.91 Å². The highest BCUT2D eigenvalue weighted by molar-refractivity contribution is 6.22. The summed E-state index contributed by atoms with van der Waals surface area (Å²) in [5, 5.41) is 0. The van der Waals surface area contributed by atoms with Crippen molar-refractivity contribution in [1.29, 1.82) is 0 Å². The zero-order valence-electron chi connectivity index (χ0n) is 13.6. The van der Waals surface area contributed by atoms with Crippen molar-refractivity contribution in [2.24, 2.45) is 0 Å². The molecular weight excluding hydrogens is 278 g/mol. The first kappa shape index (κ1) is 15.2. The van der Waals surface area contributed by atoms with E-state index >= 15 is 0 Å². The smallest absolute Gasteiger partial charge is 0.292 e. The van der Waals surface area contributed by atoms with Crippen molar-refractivity contribution in [2.45, 2.75) is 26.3 Å². The molecule has 118 valence electrons. The lowest BCUT2D eigenvalue weighted by atomic mass is 10.1. The Balaban J connectivity index is 1.82.